The predicted octanol–water partition coefficient (Wildman–Crippen LogP) is 6.04. The van der Waals surface area contributed by atoms with Crippen molar-refractivity contribution < 1.29 is 14.7 Å². The Morgan fingerprint density at radius 2 is 1.65 bits per heavy atom. The highest BCUT2D eigenvalue weighted by atomic mass is 16.4. The first-order valence-corrected chi connectivity index (χ1v) is 14.1. The maximum absolute atomic E-state index is 13.8. The fourth-order valence-electron chi connectivity index (χ4n) is 6.27. The van der Waals surface area contributed by atoms with E-state index < -0.39 is 11.9 Å². The largest absolute Gasteiger partial charge is 0.481 e. The second-order valence-electron chi connectivity index (χ2n) is 11.3. The van der Waals surface area contributed by atoms with Gasteiger partial charge in [-0.1, -0.05) is 42.5 Å². The lowest BCUT2D eigenvalue weighted by Crippen LogP contribution is -2.37. The number of fused-ring (bicyclic) bond motifs is 2. The molecule has 0 saturated carbocycles. The highest BCUT2D eigenvalue weighted by Gasteiger charge is 2.31. The standard InChI is InChI=1S/C33H38N4O3/c1-8-37-28-12-11-27(22(6)31(28)34-35-37)30(23(7)33(39)40)25-10-9-24-13-14-36(17-26(24)16-25)32(38)29-20(4)18(2)15-19(3)21(29)5/h9-12,15-16,23,30H,8,13-14,17H2,1-7H3,(H,39,40)/t23?,30-/m0/s1. The maximum atomic E-state index is 13.8. The maximum Gasteiger partial charge on any atom is 0.307 e. The molecule has 2 heterocycles. The van der Waals surface area contributed by atoms with Crippen LogP contribution in [0.2, 0.25) is 0 Å². The number of rotatable bonds is 6. The first kappa shape index (κ1) is 27.6. The minimum Gasteiger partial charge on any atom is -0.481 e. The summed E-state index contributed by atoms with van der Waals surface area (Å²) >= 11 is 0. The van der Waals surface area contributed by atoms with Crippen LogP contribution in [-0.2, 0) is 24.3 Å². The Bertz CT molecular complexity index is 1630. The van der Waals surface area contributed by atoms with E-state index in [2.05, 4.69) is 48.4 Å². The summed E-state index contributed by atoms with van der Waals surface area (Å²) in [6.07, 6.45) is 0.772. The third-order valence-corrected chi connectivity index (χ3v) is 8.98. The Morgan fingerprint density at radius 3 is 2.30 bits per heavy atom. The molecular formula is C33H38N4O3. The minimum atomic E-state index is -0.850. The van der Waals surface area contributed by atoms with Gasteiger partial charge in [0.1, 0.15) is 5.52 Å². The number of benzene rings is 3. The molecule has 3 aromatic carbocycles. The summed E-state index contributed by atoms with van der Waals surface area (Å²) in [6.45, 7) is 15.8. The quantitative estimate of drug-likeness (QED) is 0.323. The van der Waals surface area contributed by atoms with Crippen LogP contribution in [0.15, 0.2) is 36.4 Å². The third kappa shape index (κ3) is 4.57. The van der Waals surface area contributed by atoms with Gasteiger partial charge in [-0.3, -0.25) is 9.59 Å². The summed E-state index contributed by atoms with van der Waals surface area (Å²) in [5, 5.41) is 18.8. The lowest BCUT2D eigenvalue weighted by atomic mass is 9.78. The van der Waals surface area contributed by atoms with Gasteiger partial charge in [0.2, 0.25) is 0 Å². The zero-order chi connectivity index (χ0) is 28.9. The van der Waals surface area contributed by atoms with E-state index >= 15 is 0 Å². The SMILES string of the molecule is CCn1nnc2c(C)c([C@H](c3ccc4c(c3)CN(C(=O)c3c(C)c(C)cc(C)c3C)CC4)C(C)C(=O)O)ccc21. The second-order valence-corrected chi connectivity index (χ2v) is 11.3. The highest BCUT2D eigenvalue weighted by Crippen LogP contribution is 2.38. The number of hydrogen-bond acceptors (Lipinski definition) is 4. The summed E-state index contributed by atoms with van der Waals surface area (Å²) in [5.41, 5.74) is 12.0. The number of aromatic nitrogens is 3. The molecule has 1 aromatic heterocycles. The Morgan fingerprint density at radius 1 is 0.950 bits per heavy atom. The normalized spacial score (nSPS) is 14.7. The number of amides is 1. The summed E-state index contributed by atoms with van der Waals surface area (Å²) in [5.74, 6) is -1.81. The number of hydrogen-bond donors (Lipinski definition) is 1. The van der Waals surface area contributed by atoms with Crippen molar-refractivity contribution in [1.29, 1.82) is 0 Å². The molecule has 0 bridgehead atoms. The van der Waals surface area contributed by atoms with Crippen LogP contribution < -0.4 is 0 Å². The molecular weight excluding hydrogens is 500 g/mol. The van der Waals surface area contributed by atoms with Crippen molar-refractivity contribution in [3.05, 3.63) is 92.0 Å². The van der Waals surface area contributed by atoms with Crippen molar-refractivity contribution in [2.24, 2.45) is 5.92 Å². The number of carbonyl (C=O) groups is 2. The summed E-state index contributed by atoms with van der Waals surface area (Å²) in [4.78, 5) is 28.1. The predicted molar refractivity (Wildman–Crippen MR) is 157 cm³/mol. The topological polar surface area (TPSA) is 88.3 Å². The fourth-order valence-corrected chi connectivity index (χ4v) is 6.27. The van der Waals surface area contributed by atoms with Crippen LogP contribution >= 0.6 is 0 Å². The molecule has 0 saturated heterocycles. The van der Waals surface area contributed by atoms with Gasteiger partial charge in [-0.2, -0.15) is 0 Å². The molecule has 0 spiro atoms. The number of aryl methyl sites for hydroxylation is 4. The molecule has 2 atom stereocenters. The van der Waals surface area contributed by atoms with Crippen LogP contribution in [0.4, 0.5) is 0 Å². The van der Waals surface area contributed by atoms with Crippen LogP contribution in [-0.4, -0.2) is 43.4 Å². The average molecular weight is 539 g/mol. The third-order valence-electron chi connectivity index (χ3n) is 8.98. The Balaban J connectivity index is 1.54. The number of aliphatic carboxylic acids is 1. The number of carboxylic acids is 1. The van der Waals surface area contributed by atoms with Gasteiger partial charge in [-0.25, -0.2) is 4.68 Å². The van der Waals surface area contributed by atoms with Crippen LogP contribution in [0.5, 0.6) is 0 Å². The van der Waals surface area contributed by atoms with Crippen molar-refractivity contribution in [3.63, 3.8) is 0 Å². The number of nitrogens with zero attached hydrogens (tertiary/aromatic N) is 4. The van der Waals surface area contributed by atoms with Crippen LogP contribution in [0, 0.1) is 40.5 Å². The van der Waals surface area contributed by atoms with Crippen molar-refractivity contribution in [1.82, 2.24) is 19.9 Å². The van der Waals surface area contributed by atoms with Crippen molar-refractivity contribution >= 4 is 22.9 Å². The summed E-state index contributed by atoms with van der Waals surface area (Å²) in [7, 11) is 0. The van der Waals surface area contributed by atoms with E-state index in [0.29, 0.717) is 19.6 Å². The van der Waals surface area contributed by atoms with Gasteiger partial charge in [0.15, 0.2) is 0 Å². The molecule has 208 valence electrons. The first-order valence-electron chi connectivity index (χ1n) is 14.1. The second kappa shape index (κ2) is 10.5. The zero-order valence-corrected chi connectivity index (χ0v) is 24.5. The Hall–Kier alpha value is -4.00. The van der Waals surface area contributed by atoms with Gasteiger partial charge >= 0.3 is 5.97 Å². The molecule has 1 N–H and O–H groups in total. The molecule has 0 aliphatic carbocycles. The molecule has 0 fully saturated rings. The smallest absolute Gasteiger partial charge is 0.307 e. The molecule has 1 aliphatic rings. The van der Waals surface area contributed by atoms with Crippen LogP contribution in [0.1, 0.15) is 80.2 Å². The molecule has 7 heteroatoms. The number of carboxylic acid groups (broad SMARTS) is 1. The van der Waals surface area contributed by atoms with Gasteiger partial charge in [-0.05, 0) is 104 Å². The molecule has 1 aliphatic heterocycles. The highest BCUT2D eigenvalue weighted by molar-refractivity contribution is 5.98. The molecule has 1 unspecified atom stereocenters. The zero-order valence-electron chi connectivity index (χ0n) is 24.5. The van der Waals surface area contributed by atoms with E-state index in [1.807, 2.05) is 49.4 Å². The monoisotopic (exact) mass is 538 g/mol. The fraction of sp³-hybridized carbons (Fsp3) is 0.394. The van der Waals surface area contributed by atoms with E-state index in [-0.39, 0.29) is 11.8 Å². The lowest BCUT2D eigenvalue weighted by Gasteiger charge is -2.32. The van der Waals surface area contributed by atoms with E-state index in [1.54, 1.807) is 6.92 Å². The van der Waals surface area contributed by atoms with Crippen molar-refractivity contribution in [2.75, 3.05) is 6.54 Å². The molecule has 4 aromatic rings. The first-order chi connectivity index (χ1) is 19.0. The van der Waals surface area contributed by atoms with Crippen molar-refractivity contribution in [3.8, 4) is 0 Å². The minimum absolute atomic E-state index is 0.0635. The summed E-state index contributed by atoms with van der Waals surface area (Å²) < 4.78 is 1.85. The van der Waals surface area contributed by atoms with Gasteiger partial charge in [0.25, 0.3) is 5.91 Å². The van der Waals surface area contributed by atoms with Crippen molar-refractivity contribution in [2.45, 2.75) is 73.9 Å². The van der Waals surface area contributed by atoms with Gasteiger partial charge in [0, 0.05) is 31.1 Å². The molecule has 7 nitrogen and oxygen atoms in total. The van der Waals surface area contributed by atoms with Gasteiger partial charge in [-0.15, -0.1) is 5.10 Å². The van der Waals surface area contributed by atoms with Crippen LogP contribution in [0.3, 0.4) is 0 Å². The van der Waals surface area contributed by atoms with E-state index in [9.17, 15) is 14.7 Å². The lowest BCUT2D eigenvalue weighted by molar-refractivity contribution is -0.141. The Kier molecular flexibility index (Phi) is 7.25. The molecule has 40 heavy (non-hydrogen) atoms. The molecule has 1 amide bonds. The van der Waals surface area contributed by atoms with E-state index in [1.165, 1.54) is 5.56 Å². The van der Waals surface area contributed by atoms with Crippen LogP contribution in [0.25, 0.3) is 11.0 Å². The Labute approximate surface area is 235 Å². The van der Waals surface area contributed by atoms with Gasteiger partial charge < -0.3 is 10.0 Å². The molecule has 5 rings (SSSR count). The summed E-state index contributed by atoms with van der Waals surface area (Å²) in [6, 6.07) is 12.5. The number of carbonyl (C=O) groups excluding carboxylic acids is 1. The average Bonchev–Trinajstić information content (AvgIpc) is 3.37. The molecule has 0 radical (unpaired) electrons. The van der Waals surface area contributed by atoms with Gasteiger partial charge in [0.05, 0.1) is 11.4 Å². The van der Waals surface area contributed by atoms with E-state index in [0.717, 1.165) is 67.5 Å². The van der Waals surface area contributed by atoms with E-state index in [4.69, 9.17) is 0 Å².